The molecule has 10 nitrogen and oxygen atoms in total. The van der Waals surface area contributed by atoms with Gasteiger partial charge in [-0.2, -0.15) is 5.10 Å². The summed E-state index contributed by atoms with van der Waals surface area (Å²) >= 11 is 0. The molecule has 10 heteroatoms. The molecule has 1 fully saturated rings. The highest BCUT2D eigenvalue weighted by molar-refractivity contribution is 5.92. The summed E-state index contributed by atoms with van der Waals surface area (Å²) in [7, 11) is 0. The Morgan fingerprint density at radius 2 is 2.07 bits per heavy atom. The second kappa shape index (κ2) is 9.55. The fourth-order valence-electron chi connectivity index (χ4n) is 3.59. The van der Waals surface area contributed by atoms with Crippen LogP contribution in [0.2, 0.25) is 0 Å². The van der Waals surface area contributed by atoms with Crippen molar-refractivity contribution >= 4 is 23.5 Å². The average molecular weight is 403 g/mol. The van der Waals surface area contributed by atoms with Crippen LogP contribution in [-0.2, 0) is 16.1 Å². The first-order valence-corrected chi connectivity index (χ1v) is 10.1. The summed E-state index contributed by atoms with van der Waals surface area (Å²) in [5.41, 5.74) is 6.27. The Morgan fingerprint density at radius 1 is 1.31 bits per heavy atom. The number of nitrogen functional groups attached to an aromatic ring is 1. The van der Waals surface area contributed by atoms with Crippen LogP contribution in [0.15, 0.2) is 18.6 Å². The standard InChI is InChI=1S/C19H29N7O3/c1-3-9-26-15(5-8-22-26)23-16(27)12-24-10-6-14(7-11-24)25-13-21-17(18(25)20)19(28)29-4-2/h5,8,13-14H,3-4,6-7,9-12,20H2,1-2H3,(H,23,27). The third-order valence-electron chi connectivity index (χ3n) is 5.04. The van der Waals surface area contributed by atoms with Crippen molar-refractivity contribution < 1.29 is 14.3 Å². The number of amides is 1. The van der Waals surface area contributed by atoms with Gasteiger partial charge in [0.05, 0.1) is 25.7 Å². The summed E-state index contributed by atoms with van der Waals surface area (Å²) < 4.78 is 8.62. The molecule has 1 amide bonds. The van der Waals surface area contributed by atoms with E-state index in [2.05, 4.69) is 27.2 Å². The van der Waals surface area contributed by atoms with Gasteiger partial charge in [-0.15, -0.1) is 0 Å². The van der Waals surface area contributed by atoms with Crippen LogP contribution in [-0.4, -0.2) is 62.3 Å². The van der Waals surface area contributed by atoms with Crippen LogP contribution in [0.4, 0.5) is 11.6 Å². The number of carbonyl (C=O) groups is 2. The molecule has 1 aliphatic heterocycles. The van der Waals surface area contributed by atoms with Gasteiger partial charge in [0.1, 0.15) is 11.6 Å². The molecule has 0 saturated carbocycles. The van der Waals surface area contributed by atoms with Crippen molar-refractivity contribution in [2.75, 3.05) is 37.3 Å². The third-order valence-corrected chi connectivity index (χ3v) is 5.04. The van der Waals surface area contributed by atoms with Gasteiger partial charge in [-0.1, -0.05) is 6.92 Å². The number of nitrogens with zero attached hydrogens (tertiary/aromatic N) is 5. The molecule has 0 bridgehead atoms. The maximum Gasteiger partial charge on any atom is 0.360 e. The molecule has 3 rings (SSSR count). The molecule has 3 N–H and O–H groups in total. The number of aryl methyl sites for hydroxylation is 1. The minimum absolute atomic E-state index is 0.0481. The van der Waals surface area contributed by atoms with E-state index in [0.717, 1.165) is 44.7 Å². The van der Waals surface area contributed by atoms with E-state index < -0.39 is 5.97 Å². The van der Waals surface area contributed by atoms with Crippen molar-refractivity contribution in [3.63, 3.8) is 0 Å². The molecule has 2 aromatic rings. The number of likely N-dealkylation sites (tertiary alicyclic amines) is 1. The van der Waals surface area contributed by atoms with E-state index in [-0.39, 0.29) is 24.2 Å². The zero-order valence-electron chi connectivity index (χ0n) is 17.0. The molecule has 1 aliphatic rings. The van der Waals surface area contributed by atoms with Crippen LogP contribution < -0.4 is 11.1 Å². The fourth-order valence-corrected chi connectivity index (χ4v) is 3.59. The summed E-state index contributed by atoms with van der Waals surface area (Å²) in [6.45, 7) is 6.72. The topological polar surface area (TPSA) is 120 Å². The monoisotopic (exact) mass is 403 g/mol. The average Bonchev–Trinajstić information content (AvgIpc) is 3.29. The van der Waals surface area contributed by atoms with E-state index >= 15 is 0 Å². The highest BCUT2D eigenvalue weighted by Crippen LogP contribution is 2.26. The van der Waals surface area contributed by atoms with Gasteiger partial charge in [-0.25, -0.2) is 14.5 Å². The number of hydrogen-bond acceptors (Lipinski definition) is 7. The maximum atomic E-state index is 12.4. The van der Waals surface area contributed by atoms with Crippen LogP contribution in [0, 0.1) is 0 Å². The molecule has 2 aromatic heterocycles. The summed E-state index contributed by atoms with van der Waals surface area (Å²) in [5, 5.41) is 7.15. The first kappa shape index (κ1) is 20.8. The fraction of sp³-hybridized carbons (Fsp3) is 0.579. The minimum atomic E-state index is -0.500. The van der Waals surface area contributed by atoms with Gasteiger partial charge in [-0.3, -0.25) is 9.69 Å². The summed E-state index contributed by atoms with van der Waals surface area (Å²) in [4.78, 5) is 30.5. The zero-order valence-corrected chi connectivity index (χ0v) is 17.0. The lowest BCUT2D eigenvalue weighted by molar-refractivity contribution is -0.117. The Morgan fingerprint density at radius 3 is 2.76 bits per heavy atom. The quantitative estimate of drug-likeness (QED) is 0.641. The molecule has 158 valence electrons. The van der Waals surface area contributed by atoms with Crippen LogP contribution >= 0.6 is 0 Å². The Balaban J connectivity index is 1.51. The Hall–Kier alpha value is -2.88. The number of hydrogen-bond donors (Lipinski definition) is 2. The van der Waals surface area contributed by atoms with Crippen LogP contribution in [0.3, 0.4) is 0 Å². The van der Waals surface area contributed by atoms with Gasteiger partial charge in [0.2, 0.25) is 5.91 Å². The van der Waals surface area contributed by atoms with Gasteiger partial charge < -0.3 is 20.4 Å². The number of imidazole rings is 1. The Bertz CT molecular complexity index is 837. The lowest BCUT2D eigenvalue weighted by Crippen LogP contribution is -2.40. The second-order valence-corrected chi connectivity index (χ2v) is 7.10. The van der Waals surface area contributed by atoms with Crippen molar-refractivity contribution in [2.45, 2.75) is 45.7 Å². The van der Waals surface area contributed by atoms with Crippen molar-refractivity contribution in [3.8, 4) is 0 Å². The molecule has 0 spiro atoms. The first-order chi connectivity index (χ1) is 14.0. The normalized spacial score (nSPS) is 15.4. The van der Waals surface area contributed by atoms with Crippen LogP contribution in [0.5, 0.6) is 0 Å². The van der Waals surface area contributed by atoms with E-state index in [1.807, 2.05) is 10.6 Å². The highest BCUT2D eigenvalue weighted by atomic mass is 16.5. The van der Waals surface area contributed by atoms with E-state index in [0.29, 0.717) is 12.4 Å². The molecular formula is C19H29N7O3. The summed E-state index contributed by atoms with van der Waals surface area (Å²) in [5.74, 6) is 0.515. The molecule has 0 aliphatic carbocycles. The number of ether oxygens (including phenoxy) is 1. The smallest absolute Gasteiger partial charge is 0.360 e. The summed E-state index contributed by atoms with van der Waals surface area (Å²) in [6, 6.07) is 1.96. The van der Waals surface area contributed by atoms with Gasteiger partial charge >= 0.3 is 5.97 Å². The number of carbonyl (C=O) groups excluding carboxylic acids is 2. The number of rotatable bonds is 8. The summed E-state index contributed by atoms with van der Waals surface area (Å²) in [6.07, 6.45) is 5.89. The van der Waals surface area contributed by atoms with E-state index in [4.69, 9.17) is 10.5 Å². The van der Waals surface area contributed by atoms with Gasteiger partial charge in [0, 0.05) is 31.7 Å². The minimum Gasteiger partial charge on any atom is -0.461 e. The predicted octanol–water partition coefficient (Wildman–Crippen LogP) is 1.52. The van der Waals surface area contributed by atoms with Gasteiger partial charge in [0.25, 0.3) is 0 Å². The number of nitrogens with one attached hydrogen (secondary N) is 1. The van der Waals surface area contributed by atoms with Gasteiger partial charge in [0.15, 0.2) is 5.69 Å². The highest BCUT2D eigenvalue weighted by Gasteiger charge is 2.26. The Labute approximate surface area is 170 Å². The van der Waals surface area contributed by atoms with Crippen molar-refractivity contribution in [3.05, 3.63) is 24.3 Å². The second-order valence-electron chi connectivity index (χ2n) is 7.10. The van der Waals surface area contributed by atoms with Crippen LogP contribution in [0.1, 0.15) is 49.6 Å². The van der Waals surface area contributed by atoms with E-state index in [1.54, 1.807) is 24.1 Å². The maximum absolute atomic E-state index is 12.4. The number of piperidine rings is 1. The molecule has 0 radical (unpaired) electrons. The number of aromatic nitrogens is 4. The zero-order chi connectivity index (χ0) is 20.8. The van der Waals surface area contributed by atoms with Crippen LogP contribution in [0.25, 0.3) is 0 Å². The lowest BCUT2D eigenvalue weighted by Gasteiger charge is -2.32. The number of nitrogens with two attached hydrogens (primary N) is 1. The third kappa shape index (κ3) is 4.94. The number of anilines is 2. The van der Waals surface area contributed by atoms with Crippen molar-refractivity contribution in [1.82, 2.24) is 24.2 Å². The predicted molar refractivity (Wildman–Crippen MR) is 108 cm³/mol. The van der Waals surface area contributed by atoms with E-state index in [1.165, 1.54) is 0 Å². The molecule has 0 unspecified atom stereocenters. The molecule has 0 atom stereocenters. The van der Waals surface area contributed by atoms with E-state index in [9.17, 15) is 9.59 Å². The number of esters is 1. The largest absolute Gasteiger partial charge is 0.461 e. The lowest BCUT2D eigenvalue weighted by atomic mass is 10.0. The molecular weight excluding hydrogens is 374 g/mol. The molecule has 1 saturated heterocycles. The van der Waals surface area contributed by atoms with Crippen molar-refractivity contribution in [2.24, 2.45) is 0 Å². The molecule has 3 heterocycles. The van der Waals surface area contributed by atoms with Crippen molar-refractivity contribution in [1.29, 1.82) is 0 Å². The Kier molecular flexibility index (Phi) is 6.86. The molecule has 29 heavy (non-hydrogen) atoms. The SMILES string of the molecule is CCCn1nccc1NC(=O)CN1CCC(n2cnc(C(=O)OCC)c2N)CC1. The molecule has 0 aromatic carbocycles. The van der Waals surface area contributed by atoms with Gasteiger partial charge in [-0.05, 0) is 26.2 Å². The first-order valence-electron chi connectivity index (χ1n) is 10.1.